The van der Waals surface area contributed by atoms with E-state index < -0.39 is 16.8 Å². The fourth-order valence-electron chi connectivity index (χ4n) is 1.78. The van der Waals surface area contributed by atoms with Crippen LogP contribution >= 0.6 is 0 Å². The van der Waals surface area contributed by atoms with Gasteiger partial charge in [0.15, 0.2) is 0 Å². The van der Waals surface area contributed by atoms with Gasteiger partial charge >= 0.3 is 0 Å². The fraction of sp³-hybridized carbons (Fsp3) is 1.00. The van der Waals surface area contributed by atoms with Crippen molar-refractivity contribution in [1.82, 2.24) is 0 Å². The highest BCUT2D eigenvalue weighted by Crippen LogP contribution is 2.32. The molecule has 0 saturated carbocycles. The third-order valence-corrected chi connectivity index (χ3v) is 2.49. The van der Waals surface area contributed by atoms with Crippen LogP contribution in [0.25, 0.3) is 0 Å². The lowest BCUT2D eigenvalue weighted by Gasteiger charge is -2.37. The Labute approximate surface area is 93.1 Å². The largest absolute Gasteiger partial charge is 0.390 e. The van der Waals surface area contributed by atoms with Crippen LogP contribution in [0.3, 0.4) is 0 Å². The second-order valence-electron chi connectivity index (χ2n) is 6.38. The van der Waals surface area contributed by atoms with Gasteiger partial charge in [0, 0.05) is 0 Å². The highest BCUT2D eigenvalue weighted by atomic mass is 16.3. The minimum atomic E-state index is -0.889. The zero-order valence-electron chi connectivity index (χ0n) is 10.8. The maximum absolute atomic E-state index is 9.98. The van der Waals surface area contributed by atoms with Crippen LogP contribution in [-0.2, 0) is 0 Å². The molecular formula is C12H26O3. The van der Waals surface area contributed by atoms with E-state index in [2.05, 4.69) is 0 Å². The van der Waals surface area contributed by atoms with Crippen LogP contribution in [0.1, 0.15) is 54.4 Å². The van der Waals surface area contributed by atoms with E-state index in [1.54, 1.807) is 41.5 Å². The second kappa shape index (κ2) is 4.40. The molecule has 15 heavy (non-hydrogen) atoms. The zero-order valence-corrected chi connectivity index (χ0v) is 10.8. The lowest BCUT2D eigenvalue weighted by Crippen LogP contribution is -2.40. The Hall–Kier alpha value is -0.120. The highest BCUT2D eigenvalue weighted by Gasteiger charge is 2.35. The molecule has 0 aliphatic carbocycles. The van der Waals surface area contributed by atoms with Gasteiger partial charge in [0.1, 0.15) is 0 Å². The lowest BCUT2D eigenvalue weighted by molar-refractivity contribution is -0.0646. The average molecular weight is 218 g/mol. The Bertz CT molecular complexity index is 174. The topological polar surface area (TPSA) is 60.7 Å². The molecule has 0 aromatic carbocycles. The molecule has 0 amide bonds. The van der Waals surface area contributed by atoms with Gasteiger partial charge in [0.2, 0.25) is 0 Å². The first-order chi connectivity index (χ1) is 6.31. The van der Waals surface area contributed by atoms with Crippen LogP contribution < -0.4 is 0 Å². The van der Waals surface area contributed by atoms with E-state index in [0.717, 1.165) is 0 Å². The predicted octanol–water partition coefficient (Wildman–Crippen LogP) is 1.70. The lowest BCUT2D eigenvalue weighted by atomic mass is 9.76. The first-order valence-corrected chi connectivity index (χ1v) is 5.48. The van der Waals surface area contributed by atoms with Gasteiger partial charge in [-0.2, -0.15) is 0 Å². The molecule has 0 fully saturated rings. The summed E-state index contributed by atoms with van der Waals surface area (Å²) in [5.41, 5.74) is -2.54. The number of hydrogen-bond acceptors (Lipinski definition) is 3. The first-order valence-electron chi connectivity index (χ1n) is 5.48. The summed E-state index contributed by atoms with van der Waals surface area (Å²) in [6.45, 7) is 10.3. The van der Waals surface area contributed by atoms with Crippen molar-refractivity contribution in [3.05, 3.63) is 0 Å². The molecule has 3 heteroatoms. The highest BCUT2D eigenvalue weighted by molar-refractivity contribution is 4.86. The summed E-state index contributed by atoms with van der Waals surface area (Å²) < 4.78 is 0. The van der Waals surface area contributed by atoms with Crippen molar-refractivity contribution in [3.8, 4) is 0 Å². The van der Waals surface area contributed by atoms with Crippen LogP contribution in [0.2, 0.25) is 0 Å². The molecule has 92 valence electrons. The van der Waals surface area contributed by atoms with Crippen LogP contribution in [0.5, 0.6) is 0 Å². The molecule has 0 heterocycles. The van der Waals surface area contributed by atoms with E-state index in [0.29, 0.717) is 12.8 Å². The van der Waals surface area contributed by atoms with Crippen molar-refractivity contribution in [1.29, 1.82) is 0 Å². The molecule has 0 aliphatic rings. The standard InChI is InChI=1S/C12H26O3/c1-10(2,13)7-9(12(5,6)15)8-11(3,4)14/h9,13-15H,7-8H2,1-6H3. The summed E-state index contributed by atoms with van der Waals surface area (Å²) in [4.78, 5) is 0. The van der Waals surface area contributed by atoms with E-state index in [1.165, 1.54) is 0 Å². The van der Waals surface area contributed by atoms with E-state index in [-0.39, 0.29) is 5.92 Å². The minimum absolute atomic E-state index is 0.127. The molecule has 0 unspecified atom stereocenters. The molecule has 3 nitrogen and oxygen atoms in total. The predicted molar refractivity (Wildman–Crippen MR) is 61.6 cm³/mol. The van der Waals surface area contributed by atoms with Crippen molar-refractivity contribution in [2.75, 3.05) is 0 Å². The maximum atomic E-state index is 9.98. The second-order valence-corrected chi connectivity index (χ2v) is 6.38. The number of hydrogen-bond donors (Lipinski definition) is 3. The van der Waals surface area contributed by atoms with Crippen molar-refractivity contribution >= 4 is 0 Å². The summed E-state index contributed by atoms with van der Waals surface area (Å²) in [5.74, 6) is -0.127. The minimum Gasteiger partial charge on any atom is -0.390 e. The SMILES string of the molecule is CC(C)(O)CC(CC(C)(C)O)C(C)(C)O. The van der Waals surface area contributed by atoms with E-state index in [4.69, 9.17) is 0 Å². The Morgan fingerprint density at radius 3 is 1.13 bits per heavy atom. The van der Waals surface area contributed by atoms with Crippen molar-refractivity contribution in [2.24, 2.45) is 5.92 Å². The summed E-state index contributed by atoms with van der Waals surface area (Å²) in [5, 5.41) is 29.5. The van der Waals surface area contributed by atoms with Crippen molar-refractivity contribution < 1.29 is 15.3 Å². The van der Waals surface area contributed by atoms with Gasteiger partial charge in [-0.05, 0) is 60.3 Å². The third kappa shape index (κ3) is 7.77. The molecule has 0 atom stereocenters. The van der Waals surface area contributed by atoms with Crippen LogP contribution in [0.4, 0.5) is 0 Å². The van der Waals surface area contributed by atoms with Crippen LogP contribution in [-0.4, -0.2) is 32.1 Å². The molecule has 0 aromatic rings. The summed E-state index contributed by atoms with van der Waals surface area (Å²) in [7, 11) is 0. The monoisotopic (exact) mass is 218 g/mol. The van der Waals surface area contributed by atoms with Gasteiger partial charge in [-0.25, -0.2) is 0 Å². The van der Waals surface area contributed by atoms with Gasteiger partial charge in [0.25, 0.3) is 0 Å². The van der Waals surface area contributed by atoms with Crippen molar-refractivity contribution in [3.63, 3.8) is 0 Å². The number of aliphatic hydroxyl groups is 3. The van der Waals surface area contributed by atoms with Crippen molar-refractivity contribution in [2.45, 2.75) is 71.2 Å². The molecule has 0 spiro atoms. The zero-order chi connectivity index (χ0) is 12.5. The average Bonchev–Trinajstić information content (AvgIpc) is 1.75. The van der Waals surface area contributed by atoms with Gasteiger partial charge in [-0.15, -0.1) is 0 Å². The van der Waals surface area contributed by atoms with Gasteiger partial charge < -0.3 is 15.3 Å². The molecule has 0 aromatic heterocycles. The molecule has 0 saturated heterocycles. The molecule has 0 aliphatic heterocycles. The summed E-state index contributed by atoms with van der Waals surface area (Å²) >= 11 is 0. The third-order valence-electron chi connectivity index (χ3n) is 2.49. The first kappa shape index (κ1) is 14.9. The maximum Gasteiger partial charge on any atom is 0.0621 e. The molecule has 0 rings (SSSR count). The molecule has 0 radical (unpaired) electrons. The van der Waals surface area contributed by atoms with Crippen LogP contribution in [0.15, 0.2) is 0 Å². The Morgan fingerprint density at radius 2 is 1.00 bits per heavy atom. The molecule has 3 N–H and O–H groups in total. The molecule has 0 bridgehead atoms. The quantitative estimate of drug-likeness (QED) is 0.658. The fourth-order valence-corrected chi connectivity index (χ4v) is 1.78. The van der Waals surface area contributed by atoms with Gasteiger partial charge in [-0.1, -0.05) is 0 Å². The summed E-state index contributed by atoms with van der Waals surface area (Å²) in [6, 6.07) is 0. The Morgan fingerprint density at radius 1 is 0.733 bits per heavy atom. The number of rotatable bonds is 5. The summed E-state index contributed by atoms with van der Waals surface area (Å²) in [6.07, 6.45) is 0.945. The Balaban J connectivity index is 4.62. The van der Waals surface area contributed by atoms with E-state index >= 15 is 0 Å². The Kier molecular flexibility index (Phi) is 4.36. The van der Waals surface area contributed by atoms with Gasteiger partial charge in [0.05, 0.1) is 16.8 Å². The smallest absolute Gasteiger partial charge is 0.0621 e. The van der Waals surface area contributed by atoms with Gasteiger partial charge in [-0.3, -0.25) is 0 Å². The normalized spacial score (nSPS) is 14.8. The molecular weight excluding hydrogens is 192 g/mol. The van der Waals surface area contributed by atoms with E-state index in [1.807, 2.05) is 0 Å². The van der Waals surface area contributed by atoms with E-state index in [9.17, 15) is 15.3 Å². The van der Waals surface area contributed by atoms with Crippen LogP contribution in [0, 0.1) is 5.92 Å².